The van der Waals surface area contributed by atoms with E-state index in [0.717, 1.165) is 24.4 Å². The highest BCUT2D eigenvalue weighted by Gasteiger charge is 2.30. The Hall–Kier alpha value is -1.60. The van der Waals surface area contributed by atoms with E-state index in [-0.39, 0.29) is 30.7 Å². The highest BCUT2D eigenvalue weighted by molar-refractivity contribution is 5.86. The maximum atomic E-state index is 12.2. The molecule has 0 radical (unpaired) electrons. The van der Waals surface area contributed by atoms with Crippen LogP contribution < -0.4 is 5.73 Å². The molecule has 1 amide bonds. The van der Waals surface area contributed by atoms with Crippen LogP contribution in [0.15, 0.2) is 40.9 Å². The van der Waals surface area contributed by atoms with Gasteiger partial charge >= 0.3 is 0 Å². The van der Waals surface area contributed by atoms with E-state index >= 15 is 0 Å². The molecule has 0 atom stereocenters. The zero-order valence-corrected chi connectivity index (χ0v) is 16.7. The van der Waals surface area contributed by atoms with Gasteiger partial charge in [0.2, 0.25) is 11.8 Å². The number of piperazine rings is 1. The summed E-state index contributed by atoms with van der Waals surface area (Å²) < 4.78 is 5.85. The molecule has 1 fully saturated rings. The highest BCUT2D eigenvalue weighted by Crippen LogP contribution is 2.20. The number of nitrogens with two attached hydrogens (primary N) is 1. The minimum absolute atomic E-state index is 0. The third-order valence-electron chi connectivity index (χ3n) is 4.18. The summed E-state index contributed by atoms with van der Waals surface area (Å²) in [5.41, 5.74) is 6.11. The lowest BCUT2D eigenvalue weighted by Gasteiger charge is -2.37. The van der Waals surface area contributed by atoms with Crippen molar-refractivity contribution >= 4 is 30.7 Å². The first-order valence-corrected chi connectivity index (χ1v) is 8.24. The van der Waals surface area contributed by atoms with E-state index in [2.05, 4.69) is 9.88 Å². The minimum atomic E-state index is -0.810. The van der Waals surface area contributed by atoms with Crippen LogP contribution in [0.25, 0.3) is 11.3 Å². The largest absolute Gasteiger partial charge is 0.439 e. The highest BCUT2D eigenvalue weighted by atomic mass is 35.5. The second kappa shape index (κ2) is 9.37. The molecule has 6 nitrogen and oxygen atoms in total. The van der Waals surface area contributed by atoms with Gasteiger partial charge in [0, 0.05) is 31.7 Å². The SMILES string of the molecule is CC(C)(N)C(=O)N1CCN(Cc2ncc(-c3ccccc3)o2)CC1.Cl.Cl. The second-order valence-corrected chi connectivity index (χ2v) is 6.77. The summed E-state index contributed by atoms with van der Waals surface area (Å²) in [5.74, 6) is 1.49. The van der Waals surface area contributed by atoms with Crippen molar-refractivity contribution in [1.29, 1.82) is 0 Å². The number of benzene rings is 1. The first-order valence-electron chi connectivity index (χ1n) is 8.24. The normalized spacial score (nSPS) is 15.1. The molecular weight excluding hydrogens is 375 g/mol. The molecule has 0 spiro atoms. The van der Waals surface area contributed by atoms with E-state index in [1.165, 1.54) is 0 Å². The molecule has 1 saturated heterocycles. The fraction of sp³-hybridized carbons (Fsp3) is 0.444. The van der Waals surface area contributed by atoms with E-state index in [1.807, 2.05) is 35.2 Å². The van der Waals surface area contributed by atoms with Crippen LogP contribution in [0.1, 0.15) is 19.7 Å². The number of halogens is 2. The Morgan fingerprint density at radius 3 is 2.35 bits per heavy atom. The fourth-order valence-electron chi connectivity index (χ4n) is 2.83. The molecule has 26 heavy (non-hydrogen) atoms. The van der Waals surface area contributed by atoms with Gasteiger partial charge in [0.05, 0.1) is 18.3 Å². The second-order valence-electron chi connectivity index (χ2n) is 6.77. The van der Waals surface area contributed by atoms with Crippen LogP contribution in [0.4, 0.5) is 0 Å². The quantitative estimate of drug-likeness (QED) is 0.852. The summed E-state index contributed by atoms with van der Waals surface area (Å²) in [7, 11) is 0. The van der Waals surface area contributed by atoms with Crippen LogP contribution in [0, 0.1) is 0 Å². The van der Waals surface area contributed by atoms with Crippen LogP contribution in [-0.2, 0) is 11.3 Å². The molecule has 0 aliphatic carbocycles. The lowest BCUT2D eigenvalue weighted by molar-refractivity contribution is -0.137. The van der Waals surface area contributed by atoms with E-state index in [1.54, 1.807) is 20.0 Å². The van der Waals surface area contributed by atoms with Crippen LogP contribution >= 0.6 is 24.8 Å². The number of hydrogen-bond acceptors (Lipinski definition) is 5. The molecule has 1 aliphatic rings. The Morgan fingerprint density at radius 2 is 1.77 bits per heavy atom. The standard InChI is InChI=1S/C18H24N4O2.2ClH/c1-18(2,19)17(23)22-10-8-21(9-11-22)13-16-20-12-15(24-16)14-6-4-3-5-7-14;;/h3-7,12H,8-11,13,19H2,1-2H3;2*1H. The molecule has 2 N–H and O–H groups in total. The van der Waals surface area contributed by atoms with Crippen molar-refractivity contribution in [2.24, 2.45) is 5.73 Å². The number of rotatable bonds is 4. The van der Waals surface area contributed by atoms with Crippen molar-refractivity contribution in [3.05, 3.63) is 42.4 Å². The summed E-state index contributed by atoms with van der Waals surface area (Å²) in [6.45, 7) is 7.12. The van der Waals surface area contributed by atoms with Crippen LogP contribution in [-0.4, -0.2) is 52.4 Å². The maximum absolute atomic E-state index is 12.2. The van der Waals surface area contributed by atoms with Gasteiger partial charge in [-0.25, -0.2) is 4.98 Å². The van der Waals surface area contributed by atoms with Crippen molar-refractivity contribution in [2.45, 2.75) is 25.9 Å². The van der Waals surface area contributed by atoms with Gasteiger partial charge in [0.1, 0.15) is 0 Å². The van der Waals surface area contributed by atoms with E-state index in [9.17, 15) is 4.79 Å². The monoisotopic (exact) mass is 400 g/mol. The molecule has 2 aromatic rings. The van der Waals surface area contributed by atoms with Crippen molar-refractivity contribution in [2.75, 3.05) is 26.2 Å². The molecule has 0 bridgehead atoms. The Morgan fingerprint density at radius 1 is 1.15 bits per heavy atom. The lowest BCUT2D eigenvalue weighted by Crippen LogP contribution is -2.56. The average Bonchev–Trinajstić information content (AvgIpc) is 3.03. The van der Waals surface area contributed by atoms with Gasteiger partial charge in [-0.3, -0.25) is 9.69 Å². The molecule has 2 heterocycles. The first kappa shape index (κ1) is 22.4. The Balaban J connectivity index is 0.00000169. The van der Waals surface area contributed by atoms with Crippen LogP contribution in [0.5, 0.6) is 0 Å². The zero-order valence-electron chi connectivity index (χ0n) is 15.1. The van der Waals surface area contributed by atoms with Gasteiger partial charge in [-0.2, -0.15) is 0 Å². The number of carbonyl (C=O) groups excluding carboxylic acids is 1. The van der Waals surface area contributed by atoms with Gasteiger partial charge in [-0.1, -0.05) is 30.3 Å². The van der Waals surface area contributed by atoms with Crippen LogP contribution in [0.3, 0.4) is 0 Å². The molecule has 0 saturated carbocycles. The summed E-state index contributed by atoms with van der Waals surface area (Å²) >= 11 is 0. The third-order valence-corrected chi connectivity index (χ3v) is 4.18. The Kier molecular flexibility index (Phi) is 8.09. The average molecular weight is 401 g/mol. The fourth-order valence-corrected chi connectivity index (χ4v) is 2.83. The van der Waals surface area contributed by atoms with Crippen molar-refractivity contribution < 1.29 is 9.21 Å². The predicted octanol–water partition coefficient (Wildman–Crippen LogP) is 2.57. The van der Waals surface area contributed by atoms with Crippen LogP contribution in [0.2, 0.25) is 0 Å². The van der Waals surface area contributed by atoms with E-state index < -0.39 is 5.54 Å². The zero-order chi connectivity index (χ0) is 17.2. The molecule has 1 aromatic heterocycles. The van der Waals surface area contributed by atoms with E-state index in [4.69, 9.17) is 10.2 Å². The maximum Gasteiger partial charge on any atom is 0.242 e. The Bertz CT molecular complexity index is 693. The number of hydrogen-bond donors (Lipinski definition) is 1. The summed E-state index contributed by atoms with van der Waals surface area (Å²) in [6.07, 6.45) is 1.77. The topological polar surface area (TPSA) is 75.6 Å². The lowest BCUT2D eigenvalue weighted by atomic mass is 10.0. The molecule has 3 rings (SSSR count). The van der Waals surface area contributed by atoms with Gasteiger partial charge in [-0.05, 0) is 13.8 Å². The molecule has 8 heteroatoms. The number of aromatic nitrogens is 1. The third kappa shape index (κ3) is 5.45. The number of nitrogens with zero attached hydrogens (tertiary/aromatic N) is 3. The first-order chi connectivity index (χ1) is 11.4. The molecular formula is C18H26Cl2N4O2. The van der Waals surface area contributed by atoms with Gasteiger partial charge in [0.15, 0.2) is 5.76 Å². The molecule has 1 aliphatic heterocycles. The summed E-state index contributed by atoms with van der Waals surface area (Å²) in [5, 5.41) is 0. The summed E-state index contributed by atoms with van der Waals surface area (Å²) in [6, 6.07) is 9.94. The summed E-state index contributed by atoms with van der Waals surface area (Å²) in [4.78, 5) is 20.6. The number of amides is 1. The predicted molar refractivity (Wildman–Crippen MR) is 107 cm³/mol. The van der Waals surface area contributed by atoms with Gasteiger partial charge in [-0.15, -0.1) is 24.8 Å². The number of carbonyl (C=O) groups is 1. The molecule has 144 valence electrons. The molecule has 1 aromatic carbocycles. The minimum Gasteiger partial charge on any atom is -0.439 e. The van der Waals surface area contributed by atoms with Gasteiger partial charge < -0.3 is 15.1 Å². The molecule has 0 unspecified atom stereocenters. The van der Waals surface area contributed by atoms with Crippen molar-refractivity contribution in [3.63, 3.8) is 0 Å². The van der Waals surface area contributed by atoms with E-state index in [0.29, 0.717) is 25.5 Å². The van der Waals surface area contributed by atoms with Crippen molar-refractivity contribution in [3.8, 4) is 11.3 Å². The van der Waals surface area contributed by atoms with Crippen molar-refractivity contribution in [1.82, 2.24) is 14.8 Å². The van der Waals surface area contributed by atoms with Gasteiger partial charge in [0.25, 0.3) is 0 Å². The smallest absolute Gasteiger partial charge is 0.242 e. The number of oxazole rings is 1. The Labute approximate surface area is 166 Å².